The number of rotatable bonds is 7. The molecule has 2 aliphatic carbocycles. The number of carbonyl (C=O) groups excluding carboxylic acids is 2. The molecule has 0 saturated heterocycles. The van der Waals surface area contributed by atoms with Crippen LogP contribution in [0.4, 0.5) is 5.69 Å². The van der Waals surface area contributed by atoms with Crippen molar-refractivity contribution < 1.29 is 24.0 Å². The van der Waals surface area contributed by atoms with Crippen molar-refractivity contribution in [3.63, 3.8) is 0 Å². The third-order valence-electron chi connectivity index (χ3n) is 8.40. The molecule has 0 saturated carbocycles. The number of hydrogen-bond donors (Lipinski definition) is 0. The molecule has 3 aliphatic rings. The highest BCUT2D eigenvalue weighted by atomic mass is 16.6. The van der Waals surface area contributed by atoms with Crippen LogP contribution in [-0.4, -0.2) is 35.0 Å². The molecule has 0 N–H and O–H groups in total. The van der Waals surface area contributed by atoms with Gasteiger partial charge in [0.1, 0.15) is 6.61 Å². The molecule has 1 heterocycles. The van der Waals surface area contributed by atoms with E-state index < -0.39 is 10.8 Å². The number of allylic oxidation sites excluding steroid dienone is 4. The Morgan fingerprint density at radius 1 is 0.878 bits per heavy atom. The highest BCUT2D eigenvalue weighted by Gasteiger charge is 2.48. The summed E-state index contributed by atoms with van der Waals surface area (Å²) in [6.07, 6.45) is 2.43. The summed E-state index contributed by atoms with van der Waals surface area (Å²) in [6, 6.07) is 11.8. The average Bonchev–Trinajstić information content (AvgIpc) is 2.89. The minimum absolute atomic E-state index is 0.0217. The first-order chi connectivity index (χ1) is 19.3. The zero-order chi connectivity index (χ0) is 29.7. The number of nitro benzene ring substituents is 1. The predicted octanol–water partition coefficient (Wildman–Crippen LogP) is 6.89. The van der Waals surface area contributed by atoms with E-state index in [1.54, 1.807) is 19.2 Å². The van der Waals surface area contributed by atoms with Gasteiger partial charge in [0.25, 0.3) is 5.69 Å². The lowest BCUT2D eigenvalue weighted by Crippen LogP contribution is -2.44. The zero-order valence-corrected chi connectivity index (χ0v) is 24.7. The second-order valence-corrected chi connectivity index (χ2v) is 12.9. The molecular weight excluding hydrogens is 520 g/mol. The van der Waals surface area contributed by atoms with Crippen molar-refractivity contribution in [3.8, 4) is 11.5 Å². The molecule has 2 aromatic rings. The molecule has 41 heavy (non-hydrogen) atoms. The number of hydrogen-bond acceptors (Lipinski definition) is 7. The first kappa shape index (κ1) is 28.6. The maximum atomic E-state index is 13.8. The third-order valence-corrected chi connectivity index (χ3v) is 8.40. The van der Waals surface area contributed by atoms with Gasteiger partial charge >= 0.3 is 0 Å². The molecule has 0 amide bonds. The number of ether oxygens (including phenoxy) is 2. The standard InChI is InChI=1S/C33H38N2O6/c1-7-34-23-15-32(2,3)17-25(36)30(23)29(31-24(34)16-33(4,5)18-26(31)37)21-10-13-27(28(14-21)40-6)41-19-20-8-11-22(12-9-20)35(38)39/h8-14,29H,7,15-19H2,1-6H3. The molecule has 0 bridgehead atoms. The quantitative estimate of drug-likeness (QED) is 0.270. The maximum Gasteiger partial charge on any atom is 0.269 e. The summed E-state index contributed by atoms with van der Waals surface area (Å²) >= 11 is 0. The van der Waals surface area contributed by atoms with Crippen molar-refractivity contribution in [1.29, 1.82) is 0 Å². The number of carbonyl (C=O) groups is 2. The largest absolute Gasteiger partial charge is 0.493 e. The second-order valence-electron chi connectivity index (χ2n) is 12.9. The smallest absolute Gasteiger partial charge is 0.269 e. The summed E-state index contributed by atoms with van der Waals surface area (Å²) in [7, 11) is 1.56. The lowest BCUT2D eigenvalue weighted by Gasteiger charge is -2.48. The molecule has 1 aliphatic heterocycles. The van der Waals surface area contributed by atoms with Crippen LogP contribution in [0.1, 0.15) is 77.3 Å². The number of benzene rings is 2. The number of Topliss-reactive ketones (excluding diaryl/α,β-unsaturated/α-hetero) is 2. The van der Waals surface area contributed by atoms with Gasteiger partial charge in [0.05, 0.1) is 12.0 Å². The van der Waals surface area contributed by atoms with Gasteiger partial charge < -0.3 is 14.4 Å². The predicted molar refractivity (Wildman–Crippen MR) is 156 cm³/mol. The van der Waals surface area contributed by atoms with Gasteiger partial charge in [-0.25, -0.2) is 0 Å². The highest BCUT2D eigenvalue weighted by Crippen LogP contribution is 2.54. The van der Waals surface area contributed by atoms with Gasteiger partial charge in [-0.15, -0.1) is 0 Å². The Morgan fingerprint density at radius 3 is 1.93 bits per heavy atom. The highest BCUT2D eigenvalue weighted by molar-refractivity contribution is 6.06. The molecule has 0 aromatic heterocycles. The molecule has 216 valence electrons. The van der Waals surface area contributed by atoms with Crippen LogP contribution < -0.4 is 9.47 Å². The van der Waals surface area contributed by atoms with E-state index in [4.69, 9.17) is 9.47 Å². The van der Waals surface area contributed by atoms with Crippen molar-refractivity contribution in [2.75, 3.05) is 13.7 Å². The van der Waals surface area contributed by atoms with E-state index in [0.717, 1.165) is 46.5 Å². The Morgan fingerprint density at radius 2 is 1.44 bits per heavy atom. The van der Waals surface area contributed by atoms with Crippen LogP contribution in [0.25, 0.3) is 0 Å². The van der Waals surface area contributed by atoms with Gasteiger partial charge in [0, 0.05) is 60.0 Å². The molecule has 5 rings (SSSR count). The summed E-state index contributed by atoms with van der Waals surface area (Å²) < 4.78 is 11.8. The Bertz CT molecular complexity index is 1430. The monoisotopic (exact) mass is 558 g/mol. The molecule has 2 aromatic carbocycles. The number of methoxy groups -OCH3 is 1. The van der Waals surface area contributed by atoms with Gasteiger partial charge in [0.2, 0.25) is 0 Å². The van der Waals surface area contributed by atoms with E-state index >= 15 is 0 Å². The van der Waals surface area contributed by atoms with Crippen LogP contribution in [-0.2, 0) is 16.2 Å². The van der Waals surface area contributed by atoms with Crippen molar-refractivity contribution >= 4 is 17.3 Å². The van der Waals surface area contributed by atoms with Gasteiger partial charge in [-0.05, 0) is 66.0 Å². The molecule has 0 fully saturated rings. The van der Waals surface area contributed by atoms with Crippen molar-refractivity contribution in [3.05, 3.63) is 86.2 Å². The van der Waals surface area contributed by atoms with Crippen LogP contribution >= 0.6 is 0 Å². The molecule has 0 radical (unpaired) electrons. The minimum atomic E-state index is -0.451. The van der Waals surface area contributed by atoms with Gasteiger partial charge in [-0.1, -0.05) is 33.8 Å². The van der Waals surface area contributed by atoms with Crippen LogP contribution in [0.15, 0.2) is 65.0 Å². The van der Waals surface area contributed by atoms with Gasteiger partial charge in [0.15, 0.2) is 23.1 Å². The maximum absolute atomic E-state index is 13.8. The summed E-state index contributed by atoms with van der Waals surface area (Å²) in [5.41, 5.74) is 4.87. The van der Waals surface area contributed by atoms with E-state index in [-0.39, 0.29) is 34.7 Å². The molecule has 0 atom stereocenters. The van der Waals surface area contributed by atoms with E-state index in [1.807, 2.05) is 18.2 Å². The van der Waals surface area contributed by atoms with E-state index in [9.17, 15) is 19.7 Å². The Balaban J connectivity index is 1.56. The number of ketones is 2. The molecule has 8 heteroatoms. The lowest BCUT2D eigenvalue weighted by atomic mass is 9.63. The summed E-state index contributed by atoms with van der Waals surface area (Å²) in [6.45, 7) is 11.5. The molecular formula is C33H38N2O6. The Labute approximate surface area is 241 Å². The normalized spacial score (nSPS) is 20.1. The summed E-state index contributed by atoms with van der Waals surface area (Å²) in [4.78, 5) is 40.4. The fourth-order valence-electron chi connectivity index (χ4n) is 6.62. The number of nitro groups is 1. The van der Waals surface area contributed by atoms with Crippen molar-refractivity contribution in [1.82, 2.24) is 4.90 Å². The van der Waals surface area contributed by atoms with Gasteiger partial charge in [-0.3, -0.25) is 19.7 Å². The second kappa shape index (κ2) is 10.5. The minimum Gasteiger partial charge on any atom is -0.493 e. The summed E-state index contributed by atoms with van der Waals surface area (Å²) in [5.74, 6) is 0.755. The first-order valence-electron chi connectivity index (χ1n) is 14.2. The number of nitrogens with zero attached hydrogens (tertiary/aromatic N) is 2. The van der Waals surface area contributed by atoms with E-state index in [2.05, 4.69) is 39.5 Å². The van der Waals surface area contributed by atoms with Gasteiger partial charge in [-0.2, -0.15) is 0 Å². The fraction of sp³-hybridized carbons (Fsp3) is 0.455. The van der Waals surface area contributed by atoms with Crippen LogP contribution in [0.3, 0.4) is 0 Å². The topological polar surface area (TPSA) is 99.0 Å². The van der Waals surface area contributed by atoms with Crippen molar-refractivity contribution in [2.45, 2.75) is 72.8 Å². The van der Waals surface area contributed by atoms with Crippen molar-refractivity contribution in [2.24, 2.45) is 10.8 Å². The van der Waals surface area contributed by atoms with Crippen LogP contribution in [0.5, 0.6) is 11.5 Å². The Kier molecular flexibility index (Phi) is 7.30. The average molecular weight is 559 g/mol. The van der Waals surface area contributed by atoms with Crippen LogP contribution in [0.2, 0.25) is 0 Å². The summed E-state index contributed by atoms with van der Waals surface area (Å²) in [5, 5.41) is 11.0. The molecule has 0 spiro atoms. The number of non-ortho nitro benzene ring substituents is 1. The third kappa shape index (κ3) is 5.39. The Hall–Kier alpha value is -3.94. The zero-order valence-electron chi connectivity index (χ0n) is 24.7. The first-order valence-corrected chi connectivity index (χ1v) is 14.2. The fourth-order valence-corrected chi connectivity index (χ4v) is 6.62. The van der Waals surface area contributed by atoms with E-state index in [1.165, 1.54) is 12.1 Å². The molecule has 0 unspecified atom stereocenters. The lowest BCUT2D eigenvalue weighted by molar-refractivity contribution is -0.384. The van der Waals surface area contributed by atoms with Crippen LogP contribution in [0, 0.1) is 20.9 Å². The SMILES string of the molecule is CCN1C2=C(C(=O)CC(C)(C)C2)C(c2ccc(OCc3ccc([N+](=O)[O-])cc3)c(OC)c2)C2=C1CC(C)(C)CC2=O. The van der Waals surface area contributed by atoms with E-state index in [0.29, 0.717) is 30.9 Å². The molecule has 8 nitrogen and oxygen atoms in total.